The first kappa shape index (κ1) is 18.5. The van der Waals surface area contributed by atoms with Crippen molar-refractivity contribution in [2.45, 2.75) is 6.10 Å². The second-order valence-corrected chi connectivity index (χ2v) is 6.47. The summed E-state index contributed by atoms with van der Waals surface area (Å²) in [4.78, 5) is 43.4. The number of nitrogens with zero attached hydrogens (tertiary/aromatic N) is 1. The van der Waals surface area contributed by atoms with Crippen molar-refractivity contribution in [3.8, 4) is 11.5 Å². The molecular weight excluding hydrogens is 378 g/mol. The van der Waals surface area contributed by atoms with Gasteiger partial charge >= 0.3 is 6.03 Å². The van der Waals surface area contributed by atoms with Crippen LogP contribution in [-0.4, -0.2) is 37.8 Å². The van der Waals surface area contributed by atoms with Crippen molar-refractivity contribution >= 4 is 23.6 Å². The number of hydrogen-bond acceptors (Lipinski definition) is 7. The summed E-state index contributed by atoms with van der Waals surface area (Å²) in [5.41, 5.74) is -0.764. The van der Waals surface area contributed by atoms with E-state index in [1.807, 2.05) is 0 Å². The average Bonchev–Trinajstić information content (AvgIpc) is 3.14. The van der Waals surface area contributed by atoms with Crippen LogP contribution in [-0.2, 0) is 14.4 Å². The predicted octanol–water partition coefficient (Wildman–Crippen LogP) is 1.53. The Morgan fingerprint density at radius 1 is 0.862 bits per heavy atom. The number of methoxy groups -OCH3 is 2. The standard InChI is InChI=1S/C20H17N3O6/c1-27-13-7-3-11(4-8-13)15-20(17(24)21-19(26)22-18(20)25)16(29-23-15)12-5-9-14(28-2)10-6-12/h3-10,16H,1-2H3,(H2,21,22,24,25,26). The van der Waals surface area contributed by atoms with Crippen molar-refractivity contribution in [1.82, 2.24) is 10.6 Å². The van der Waals surface area contributed by atoms with E-state index in [1.165, 1.54) is 14.2 Å². The maximum absolute atomic E-state index is 13.0. The molecule has 148 valence electrons. The molecule has 2 heterocycles. The number of urea groups is 1. The highest BCUT2D eigenvalue weighted by Crippen LogP contribution is 2.47. The Hall–Kier alpha value is -3.88. The SMILES string of the molecule is COc1ccc(C2=NOC(c3ccc(OC)cc3)C23C(=O)NC(=O)NC3=O)cc1. The van der Waals surface area contributed by atoms with Crippen LogP contribution in [0.2, 0.25) is 0 Å². The minimum atomic E-state index is -1.88. The fourth-order valence-corrected chi connectivity index (χ4v) is 3.49. The molecule has 0 bridgehead atoms. The number of oxime groups is 1. The lowest BCUT2D eigenvalue weighted by atomic mass is 9.71. The molecule has 0 saturated carbocycles. The topological polar surface area (TPSA) is 115 Å². The summed E-state index contributed by atoms with van der Waals surface area (Å²) in [7, 11) is 3.06. The largest absolute Gasteiger partial charge is 0.497 e. The predicted molar refractivity (Wildman–Crippen MR) is 100 cm³/mol. The van der Waals surface area contributed by atoms with Gasteiger partial charge in [0.05, 0.1) is 14.2 Å². The fraction of sp³-hybridized carbons (Fsp3) is 0.200. The van der Waals surface area contributed by atoms with Crippen molar-refractivity contribution < 1.29 is 28.7 Å². The van der Waals surface area contributed by atoms with Gasteiger partial charge in [-0.15, -0.1) is 0 Å². The highest BCUT2D eigenvalue weighted by Gasteiger charge is 2.65. The van der Waals surface area contributed by atoms with Crippen LogP contribution >= 0.6 is 0 Å². The fourth-order valence-electron chi connectivity index (χ4n) is 3.49. The molecule has 4 rings (SSSR count). The number of imide groups is 2. The second kappa shape index (κ2) is 6.93. The van der Waals surface area contributed by atoms with Gasteiger partial charge in [-0.25, -0.2) is 4.79 Å². The summed E-state index contributed by atoms with van der Waals surface area (Å²) in [5.74, 6) is -0.412. The summed E-state index contributed by atoms with van der Waals surface area (Å²) in [6.45, 7) is 0. The molecule has 9 nitrogen and oxygen atoms in total. The number of carbonyl (C=O) groups excluding carboxylic acids is 3. The van der Waals surface area contributed by atoms with Crippen LogP contribution in [0.1, 0.15) is 17.2 Å². The maximum Gasteiger partial charge on any atom is 0.328 e. The van der Waals surface area contributed by atoms with Crippen LogP contribution in [0.4, 0.5) is 4.79 Å². The number of barbiturate groups is 1. The molecule has 9 heteroatoms. The van der Waals surface area contributed by atoms with Gasteiger partial charge in [0.25, 0.3) is 11.8 Å². The van der Waals surface area contributed by atoms with Gasteiger partial charge in [-0.3, -0.25) is 20.2 Å². The monoisotopic (exact) mass is 395 g/mol. The van der Waals surface area contributed by atoms with Gasteiger partial charge in [-0.05, 0) is 42.0 Å². The third kappa shape index (κ3) is 2.78. The molecule has 2 aliphatic heterocycles. The molecule has 2 aliphatic rings. The summed E-state index contributed by atoms with van der Waals surface area (Å²) >= 11 is 0. The Balaban J connectivity index is 1.84. The second-order valence-electron chi connectivity index (χ2n) is 6.47. The van der Waals surface area contributed by atoms with E-state index in [2.05, 4.69) is 15.8 Å². The summed E-state index contributed by atoms with van der Waals surface area (Å²) in [6.07, 6.45) is -1.07. The average molecular weight is 395 g/mol. The molecule has 2 N–H and O–H groups in total. The van der Waals surface area contributed by atoms with Crippen molar-refractivity contribution in [3.63, 3.8) is 0 Å². The lowest BCUT2D eigenvalue weighted by Crippen LogP contribution is -2.66. The smallest absolute Gasteiger partial charge is 0.328 e. The van der Waals surface area contributed by atoms with Gasteiger partial charge in [0, 0.05) is 5.56 Å². The number of amides is 4. The molecular formula is C20H17N3O6. The normalized spacial score (nSPS) is 19.9. The maximum atomic E-state index is 13.0. The molecule has 1 spiro atoms. The van der Waals surface area contributed by atoms with E-state index in [4.69, 9.17) is 14.3 Å². The number of nitrogens with one attached hydrogen (secondary N) is 2. The number of carbonyl (C=O) groups is 3. The minimum absolute atomic E-state index is 0.100. The minimum Gasteiger partial charge on any atom is -0.497 e. The van der Waals surface area contributed by atoms with Crippen molar-refractivity contribution in [2.24, 2.45) is 10.6 Å². The molecule has 2 aromatic rings. The summed E-state index contributed by atoms with van der Waals surface area (Å²) < 4.78 is 10.3. The van der Waals surface area contributed by atoms with Gasteiger partial charge in [0.1, 0.15) is 17.2 Å². The zero-order chi connectivity index (χ0) is 20.6. The third-order valence-corrected chi connectivity index (χ3v) is 4.97. The first-order valence-electron chi connectivity index (χ1n) is 8.70. The van der Waals surface area contributed by atoms with E-state index in [9.17, 15) is 14.4 Å². The first-order valence-corrected chi connectivity index (χ1v) is 8.70. The van der Waals surface area contributed by atoms with Crippen molar-refractivity contribution in [1.29, 1.82) is 0 Å². The van der Waals surface area contributed by atoms with E-state index in [1.54, 1.807) is 48.5 Å². The molecule has 1 saturated heterocycles. The Bertz CT molecular complexity index is 994. The van der Waals surface area contributed by atoms with Crippen molar-refractivity contribution in [3.05, 3.63) is 59.7 Å². The van der Waals surface area contributed by atoms with Gasteiger partial charge in [-0.1, -0.05) is 17.3 Å². The van der Waals surface area contributed by atoms with E-state index >= 15 is 0 Å². The van der Waals surface area contributed by atoms with Gasteiger partial charge in [0.15, 0.2) is 6.10 Å². The molecule has 0 aliphatic carbocycles. The number of rotatable bonds is 4. The van der Waals surface area contributed by atoms with Gasteiger partial charge < -0.3 is 14.3 Å². The molecule has 1 unspecified atom stereocenters. The highest BCUT2D eigenvalue weighted by atomic mass is 16.6. The Morgan fingerprint density at radius 3 is 1.90 bits per heavy atom. The van der Waals surface area contributed by atoms with E-state index in [0.717, 1.165) is 0 Å². The Kier molecular flexibility index (Phi) is 4.42. The summed E-state index contributed by atoms with van der Waals surface area (Å²) in [6, 6.07) is 12.5. The van der Waals surface area contributed by atoms with Crippen LogP contribution < -0.4 is 20.1 Å². The highest BCUT2D eigenvalue weighted by molar-refractivity contribution is 6.36. The Labute approximate surface area is 165 Å². The molecule has 1 atom stereocenters. The van der Waals surface area contributed by atoms with Crippen LogP contribution in [0.3, 0.4) is 0 Å². The van der Waals surface area contributed by atoms with Gasteiger partial charge in [0.2, 0.25) is 5.41 Å². The van der Waals surface area contributed by atoms with Crippen LogP contribution in [0.5, 0.6) is 11.5 Å². The summed E-state index contributed by atoms with van der Waals surface area (Å²) in [5, 5.41) is 8.41. The number of hydrogen-bond donors (Lipinski definition) is 2. The van der Waals surface area contributed by atoms with Crippen LogP contribution in [0.15, 0.2) is 53.7 Å². The zero-order valence-corrected chi connectivity index (χ0v) is 15.6. The Morgan fingerprint density at radius 2 is 1.38 bits per heavy atom. The zero-order valence-electron chi connectivity index (χ0n) is 15.6. The van der Waals surface area contributed by atoms with Crippen LogP contribution in [0.25, 0.3) is 0 Å². The number of ether oxygens (including phenoxy) is 2. The third-order valence-electron chi connectivity index (χ3n) is 4.97. The van der Waals surface area contributed by atoms with E-state index in [0.29, 0.717) is 22.6 Å². The first-order chi connectivity index (χ1) is 14.0. The van der Waals surface area contributed by atoms with Crippen molar-refractivity contribution in [2.75, 3.05) is 14.2 Å². The lowest BCUT2D eigenvalue weighted by molar-refractivity contribution is -0.146. The van der Waals surface area contributed by atoms with E-state index < -0.39 is 29.4 Å². The molecule has 29 heavy (non-hydrogen) atoms. The molecule has 0 radical (unpaired) electrons. The van der Waals surface area contributed by atoms with Crippen LogP contribution in [0, 0.1) is 5.41 Å². The lowest BCUT2D eigenvalue weighted by Gasteiger charge is -2.34. The van der Waals surface area contributed by atoms with E-state index in [-0.39, 0.29) is 5.71 Å². The quantitative estimate of drug-likeness (QED) is 0.759. The number of benzene rings is 2. The molecule has 1 fully saturated rings. The molecule has 0 aromatic heterocycles. The van der Waals surface area contributed by atoms with Gasteiger partial charge in [-0.2, -0.15) is 0 Å². The molecule has 2 aromatic carbocycles. The molecule has 4 amide bonds.